The molecule has 0 radical (unpaired) electrons. The van der Waals surface area contributed by atoms with Crippen molar-refractivity contribution in [1.82, 2.24) is 10.2 Å². The molecule has 0 saturated carbocycles. The van der Waals surface area contributed by atoms with Gasteiger partial charge in [-0.05, 0) is 30.7 Å². The number of benzene rings is 1. The van der Waals surface area contributed by atoms with Crippen LogP contribution in [0.2, 0.25) is 0 Å². The third kappa shape index (κ3) is 7.59. The average molecular weight is 503 g/mol. The Morgan fingerprint density at radius 2 is 2.04 bits per heavy atom. The van der Waals surface area contributed by atoms with E-state index in [2.05, 4.69) is 10.3 Å². The van der Waals surface area contributed by atoms with Crippen molar-refractivity contribution in [3.05, 3.63) is 47.9 Å². The molecule has 0 bridgehead atoms. The molecule has 2 aromatic rings. The van der Waals surface area contributed by atoms with Crippen molar-refractivity contribution < 1.29 is 18.6 Å². The number of nitrogens with zero attached hydrogens (tertiary/aromatic N) is 2. The molecule has 1 aromatic carbocycles. The standard InChI is InChI=1S/C20H29N3O4.HI/c1-21-20(22-10-6-11-26-15-18-7-5-12-27-18)23(2)14-16-8-9-17(24-3)13-19(16)25-4;/h5,7-9,12-13H,6,10-11,14-15H2,1-4H3,(H,21,22);1H. The van der Waals surface area contributed by atoms with Gasteiger partial charge in [0.25, 0.3) is 0 Å². The van der Waals surface area contributed by atoms with Gasteiger partial charge in [0.05, 0.1) is 20.5 Å². The fraction of sp³-hybridized carbons (Fsp3) is 0.450. The van der Waals surface area contributed by atoms with Crippen LogP contribution < -0.4 is 14.8 Å². The molecule has 1 aromatic heterocycles. The summed E-state index contributed by atoms with van der Waals surface area (Å²) in [5.74, 6) is 3.23. The first-order chi connectivity index (χ1) is 13.2. The van der Waals surface area contributed by atoms with E-state index in [1.54, 1.807) is 27.5 Å². The molecule has 0 spiro atoms. The van der Waals surface area contributed by atoms with Crippen LogP contribution in [0.1, 0.15) is 17.7 Å². The molecule has 2 rings (SSSR count). The normalized spacial score (nSPS) is 10.9. The molecule has 28 heavy (non-hydrogen) atoms. The minimum absolute atomic E-state index is 0. The lowest BCUT2D eigenvalue weighted by atomic mass is 10.2. The highest BCUT2D eigenvalue weighted by atomic mass is 127. The van der Waals surface area contributed by atoms with Gasteiger partial charge in [0.2, 0.25) is 0 Å². The molecule has 0 saturated heterocycles. The highest BCUT2D eigenvalue weighted by Crippen LogP contribution is 2.25. The van der Waals surface area contributed by atoms with Crippen molar-refractivity contribution in [2.75, 3.05) is 41.5 Å². The van der Waals surface area contributed by atoms with E-state index in [9.17, 15) is 0 Å². The molecule has 0 aliphatic carbocycles. The van der Waals surface area contributed by atoms with Gasteiger partial charge in [0.1, 0.15) is 23.9 Å². The smallest absolute Gasteiger partial charge is 0.193 e. The minimum atomic E-state index is 0. The number of rotatable bonds is 10. The summed E-state index contributed by atoms with van der Waals surface area (Å²) in [5.41, 5.74) is 1.06. The first kappa shape index (κ1) is 24.1. The van der Waals surface area contributed by atoms with Gasteiger partial charge < -0.3 is 28.8 Å². The van der Waals surface area contributed by atoms with Crippen molar-refractivity contribution in [3.8, 4) is 11.5 Å². The molecule has 7 nitrogen and oxygen atoms in total. The van der Waals surface area contributed by atoms with E-state index in [1.165, 1.54) is 0 Å². The van der Waals surface area contributed by atoms with Gasteiger partial charge in [-0.15, -0.1) is 24.0 Å². The summed E-state index contributed by atoms with van der Waals surface area (Å²) in [4.78, 5) is 6.39. The third-order valence-corrected chi connectivity index (χ3v) is 4.05. The van der Waals surface area contributed by atoms with E-state index in [0.29, 0.717) is 19.8 Å². The first-order valence-electron chi connectivity index (χ1n) is 8.90. The van der Waals surface area contributed by atoms with Crippen molar-refractivity contribution in [2.45, 2.75) is 19.6 Å². The lowest BCUT2D eigenvalue weighted by Crippen LogP contribution is -2.39. The molecule has 0 atom stereocenters. The topological polar surface area (TPSA) is 68.5 Å². The van der Waals surface area contributed by atoms with Crippen molar-refractivity contribution in [2.24, 2.45) is 4.99 Å². The van der Waals surface area contributed by atoms with E-state index < -0.39 is 0 Å². The zero-order valence-electron chi connectivity index (χ0n) is 16.9. The maximum Gasteiger partial charge on any atom is 0.193 e. The van der Waals surface area contributed by atoms with Crippen LogP contribution in [0.5, 0.6) is 11.5 Å². The van der Waals surface area contributed by atoms with E-state index in [0.717, 1.165) is 41.7 Å². The Morgan fingerprint density at radius 1 is 1.21 bits per heavy atom. The molecule has 0 amide bonds. The van der Waals surface area contributed by atoms with E-state index in [4.69, 9.17) is 18.6 Å². The number of furan rings is 1. The number of nitrogens with one attached hydrogen (secondary N) is 1. The summed E-state index contributed by atoms with van der Waals surface area (Å²) in [6.45, 7) is 2.59. The Hall–Kier alpha value is -1.94. The number of hydrogen-bond acceptors (Lipinski definition) is 5. The molecular formula is C20H30IN3O4. The zero-order valence-corrected chi connectivity index (χ0v) is 19.3. The molecule has 1 heterocycles. The second kappa shape index (κ2) is 13.3. The summed E-state index contributed by atoms with van der Waals surface area (Å²) in [6.07, 6.45) is 2.53. The Labute approximate surface area is 184 Å². The highest BCUT2D eigenvalue weighted by Gasteiger charge is 2.11. The second-order valence-corrected chi connectivity index (χ2v) is 5.99. The average Bonchev–Trinajstić information content (AvgIpc) is 3.21. The van der Waals surface area contributed by atoms with Gasteiger partial charge in [-0.3, -0.25) is 4.99 Å². The Morgan fingerprint density at radius 3 is 2.68 bits per heavy atom. The van der Waals surface area contributed by atoms with Crippen LogP contribution in [0.4, 0.5) is 0 Å². The van der Waals surface area contributed by atoms with Crippen LogP contribution in [0, 0.1) is 0 Å². The summed E-state index contributed by atoms with van der Waals surface area (Å²) < 4.78 is 21.5. The second-order valence-electron chi connectivity index (χ2n) is 5.99. The Kier molecular flexibility index (Phi) is 11.4. The number of hydrogen-bond donors (Lipinski definition) is 1. The molecule has 1 N–H and O–H groups in total. The Bertz CT molecular complexity index is 707. The van der Waals surface area contributed by atoms with Crippen molar-refractivity contribution >= 4 is 29.9 Å². The van der Waals surface area contributed by atoms with Gasteiger partial charge in [0.15, 0.2) is 5.96 Å². The van der Waals surface area contributed by atoms with E-state index in [1.807, 2.05) is 42.3 Å². The van der Waals surface area contributed by atoms with Gasteiger partial charge in [-0.1, -0.05) is 0 Å². The maximum atomic E-state index is 5.59. The third-order valence-electron chi connectivity index (χ3n) is 4.05. The van der Waals surface area contributed by atoms with Crippen molar-refractivity contribution in [3.63, 3.8) is 0 Å². The van der Waals surface area contributed by atoms with Crippen molar-refractivity contribution in [1.29, 1.82) is 0 Å². The molecular weight excluding hydrogens is 473 g/mol. The van der Waals surface area contributed by atoms with Crippen LogP contribution in [0.3, 0.4) is 0 Å². The zero-order chi connectivity index (χ0) is 19.5. The first-order valence-corrected chi connectivity index (χ1v) is 8.90. The number of guanidine groups is 1. The lowest BCUT2D eigenvalue weighted by Gasteiger charge is -2.23. The molecule has 156 valence electrons. The molecule has 0 aliphatic heterocycles. The summed E-state index contributed by atoms with van der Waals surface area (Å²) in [6, 6.07) is 9.58. The molecule has 8 heteroatoms. The van der Waals surface area contributed by atoms with Crippen LogP contribution in [0.25, 0.3) is 0 Å². The van der Waals surface area contributed by atoms with Crippen LogP contribution >= 0.6 is 24.0 Å². The predicted octanol–water partition coefficient (Wildman–Crippen LogP) is 3.53. The van der Waals surface area contributed by atoms with Gasteiger partial charge in [-0.25, -0.2) is 0 Å². The largest absolute Gasteiger partial charge is 0.497 e. The summed E-state index contributed by atoms with van der Waals surface area (Å²) in [7, 11) is 7.07. The number of methoxy groups -OCH3 is 2. The van der Waals surface area contributed by atoms with Gasteiger partial charge in [-0.2, -0.15) is 0 Å². The fourth-order valence-corrected chi connectivity index (χ4v) is 2.64. The quantitative estimate of drug-likeness (QED) is 0.232. The molecule has 0 fully saturated rings. The summed E-state index contributed by atoms with van der Waals surface area (Å²) >= 11 is 0. The predicted molar refractivity (Wildman–Crippen MR) is 121 cm³/mol. The van der Waals surface area contributed by atoms with Crippen LogP contribution in [-0.2, 0) is 17.9 Å². The molecule has 0 aliphatic rings. The number of aliphatic imine (C=N–C) groups is 1. The number of halogens is 1. The fourth-order valence-electron chi connectivity index (χ4n) is 2.64. The van der Waals surface area contributed by atoms with Crippen LogP contribution in [0.15, 0.2) is 46.0 Å². The summed E-state index contributed by atoms with van der Waals surface area (Å²) in [5, 5.41) is 3.35. The monoisotopic (exact) mass is 503 g/mol. The maximum absolute atomic E-state index is 5.59. The van der Waals surface area contributed by atoms with Gasteiger partial charge in [0, 0.05) is 45.4 Å². The van der Waals surface area contributed by atoms with Crippen LogP contribution in [-0.4, -0.2) is 52.3 Å². The van der Waals surface area contributed by atoms with E-state index >= 15 is 0 Å². The highest BCUT2D eigenvalue weighted by molar-refractivity contribution is 14.0. The van der Waals surface area contributed by atoms with Gasteiger partial charge >= 0.3 is 0 Å². The number of ether oxygens (including phenoxy) is 3. The Balaban J connectivity index is 0.00000392. The molecule has 0 unspecified atom stereocenters. The SMILES string of the molecule is CN=C(NCCCOCc1ccco1)N(C)Cc1ccc(OC)cc1OC.I. The lowest BCUT2D eigenvalue weighted by molar-refractivity contribution is 0.104. The minimum Gasteiger partial charge on any atom is -0.497 e. The van der Waals surface area contributed by atoms with E-state index in [-0.39, 0.29) is 24.0 Å².